The first-order valence-electron chi connectivity index (χ1n) is 10.0. The number of piperidine rings is 1. The predicted molar refractivity (Wildman–Crippen MR) is 106 cm³/mol. The zero-order valence-corrected chi connectivity index (χ0v) is 16.4. The number of anilines is 1. The van der Waals surface area contributed by atoms with Gasteiger partial charge in [-0.2, -0.15) is 0 Å². The Hall–Kier alpha value is -1.75. The molecule has 0 bridgehead atoms. The summed E-state index contributed by atoms with van der Waals surface area (Å²) in [6.07, 6.45) is 4.72. The second kappa shape index (κ2) is 8.76. The Morgan fingerprint density at radius 2 is 1.96 bits per heavy atom. The van der Waals surface area contributed by atoms with Crippen molar-refractivity contribution in [2.75, 3.05) is 38.2 Å². The lowest BCUT2D eigenvalue weighted by atomic mass is 9.98. The Morgan fingerprint density at radius 1 is 1.23 bits per heavy atom. The lowest BCUT2D eigenvalue weighted by Gasteiger charge is -2.38. The Bertz CT molecular complexity index is 599. The molecule has 2 heterocycles. The van der Waals surface area contributed by atoms with E-state index in [0.717, 1.165) is 31.9 Å². The number of nitrogens with one attached hydrogen (secondary N) is 1. The van der Waals surface area contributed by atoms with Gasteiger partial charge in [0.25, 0.3) is 0 Å². The molecule has 2 aliphatic rings. The molecule has 26 heavy (non-hydrogen) atoms. The minimum Gasteiger partial charge on any atom is -0.495 e. The van der Waals surface area contributed by atoms with Crippen LogP contribution >= 0.6 is 0 Å². The molecule has 1 aromatic carbocycles. The van der Waals surface area contributed by atoms with Crippen LogP contribution < -0.4 is 15.0 Å². The molecule has 3 rings (SSSR count). The molecule has 2 saturated heterocycles. The first-order chi connectivity index (χ1) is 12.6. The van der Waals surface area contributed by atoms with Crippen molar-refractivity contribution in [2.45, 2.75) is 51.6 Å². The molecule has 5 heteroatoms. The van der Waals surface area contributed by atoms with Crippen LogP contribution in [0.25, 0.3) is 0 Å². The number of carbonyl (C=O) groups excluding carboxylic acids is 1. The molecule has 1 aromatic rings. The molecule has 0 spiro atoms. The van der Waals surface area contributed by atoms with Crippen LogP contribution in [0.2, 0.25) is 0 Å². The lowest BCUT2D eigenvalue weighted by Crippen LogP contribution is -2.45. The van der Waals surface area contributed by atoms with E-state index in [1.54, 1.807) is 14.0 Å². The second-order valence-corrected chi connectivity index (χ2v) is 7.70. The number of rotatable bonds is 6. The minimum atomic E-state index is 0.101. The fourth-order valence-electron chi connectivity index (χ4n) is 4.65. The number of methoxy groups -OCH3 is 1. The Labute approximate surface area is 157 Å². The van der Waals surface area contributed by atoms with Gasteiger partial charge in [0.1, 0.15) is 5.75 Å². The molecule has 1 N–H and O–H groups in total. The molecule has 2 aliphatic heterocycles. The van der Waals surface area contributed by atoms with Gasteiger partial charge in [-0.15, -0.1) is 0 Å². The van der Waals surface area contributed by atoms with Gasteiger partial charge in [-0.25, -0.2) is 0 Å². The highest BCUT2D eigenvalue weighted by molar-refractivity contribution is 5.73. The summed E-state index contributed by atoms with van der Waals surface area (Å²) in [6, 6.07) is 9.24. The van der Waals surface area contributed by atoms with Gasteiger partial charge < -0.3 is 15.0 Å². The van der Waals surface area contributed by atoms with Crippen LogP contribution in [0.4, 0.5) is 5.69 Å². The van der Waals surface area contributed by atoms with Crippen LogP contribution in [0, 0.1) is 5.92 Å². The van der Waals surface area contributed by atoms with E-state index < -0.39 is 0 Å². The summed E-state index contributed by atoms with van der Waals surface area (Å²) in [5.41, 5.74) is 1.20. The molecule has 0 radical (unpaired) electrons. The number of hydrogen-bond donors (Lipinski definition) is 1. The van der Waals surface area contributed by atoms with Crippen molar-refractivity contribution < 1.29 is 9.53 Å². The SMILES string of the molecule is CCC[C@@H]1CN(C2CCN(c3ccccc3OC)CC2)C[C@H]1NC(C)=O. The van der Waals surface area contributed by atoms with E-state index in [4.69, 9.17) is 4.74 Å². The van der Waals surface area contributed by atoms with E-state index in [1.807, 2.05) is 12.1 Å². The molecule has 2 atom stereocenters. The van der Waals surface area contributed by atoms with Gasteiger partial charge >= 0.3 is 0 Å². The van der Waals surface area contributed by atoms with E-state index in [0.29, 0.717) is 18.0 Å². The number of para-hydroxylation sites is 2. The number of ether oxygens (including phenoxy) is 1. The smallest absolute Gasteiger partial charge is 0.217 e. The first kappa shape index (κ1) is 19.0. The summed E-state index contributed by atoms with van der Waals surface area (Å²) >= 11 is 0. The summed E-state index contributed by atoms with van der Waals surface area (Å²) < 4.78 is 5.52. The van der Waals surface area contributed by atoms with E-state index in [9.17, 15) is 4.79 Å². The van der Waals surface area contributed by atoms with Crippen molar-refractivity contribution in [3.05, 3.63) is 24.3 Å². The van der Waals surface area contributed by atoms with Gasteiger partial charge in [-0.3, -0.25) is 9.69 Å². The highest BCUT2D eigenvalue weighted by Crippen LogP contribution is 2.32. The summed E-state index contributed by atoms with van der Waals surface area (Å²) in [6.45, 7) is 8.12. The summed E-state index contributed by atoms with van der Waals surface area (Å²) in [4.78, 5) is 16.6. The average Bonchev–Trinajstić information content (AvgIpc) is 3.04. The predicted octanol–water partition coefficient (Wildman–Crippen LogP) is 2.90. The van der Waals surface area contributed by atoms with Gasteiger partial charge in [-0.1, -0.05) is 25.5 Å². The van der Waals surface area contributed by atoms with Crippen LogP contribution in [0.3, 0.4) is 0 Å². The largest absolute Gasteiger partial charge is 0.495 e. The summed E-state index contributed by atoms with van der Waals surface area (Å²) in [5.74, 6) is 1.65. The van der Waals surface area contributed by atoms with Crippen molar-refractivity contribution in [3.63, 3.8) is 0 Å². The van der Waals surface area contributed by atoms with Crippen LogP contribution in [-0.4, -0.2) is 56.2 Å². The zero-order chi connectivity index (χ0) is 18.5. The third-order valence-electron chi connectivity index (χ3n) is 5.92. The zero-order valence-electron chi connectivity index (χ0n) is 16.4. The van der Waals surface area contributed by atoms with Gasteiger partial charge in [0.15, 0.2) is 0 Å². The van der Waals surface area contributed by atoms with Crippen LogP contribution in [0.1, 0.15) is 39.5 Å². The lowest BCUT2D eigenvalue weighted by molar-refractivity contribution is -0.119. The fraction of sp³-hybridized carbons (Fsp3) is 0.667. The number of hydrogen-bond acceptors (Lipinski definition) is 4. The maximum Gasteiger partial charge on any atom is 0.217 e. The van der Waals surface area contributed by atoms with Gasteiger partial charge in [0.2, 0.25) is 5.91 Å². The van der Waals surface area contributed by atoms with Crippen molar-refractivity contribution >= 4 is 11.6 Å². The molecule has 0 aromatic heterocycles. The van der Waals surface area contributed by atoms with Crippen molar-refractivity contribution in [1.82, 2.24) is 10.2 Å². The van der Waals surface area contributed by atoms with Gasteiger partial charge in [-0.05, 0) is 37.3 Å². The number of likely N-dealkylation sites (tertiary alicyclic amines) is 1. The normalized spacial score (nSPS) is 24.7. The van der Waals surface area contributed by atoms with Crippen LogP contribution in [0.15, 0.2) is 24.3 Å². The highest BCUT2D eigenvalue weighted by Gasteiger charge is 2.37. The Kier molecular flexibility index (Phi) is 6.41. The maximum atomic E-state index is 11.5. The summed E-state index contributed by atoms with van der Waals surface area (Å²) in [5, 5.41) is 3.19. The monoisotopic (exact) mass is 359 g/mol. The molecular formula is C21H33N3O2. The summed E-state index contributed by atoms with van der Waals surface area (Å²) in [7, 11) is 1.74. The van der Waals surface area contributed by atoms with E-state index >= 15 is 0 Å². The van der Waals surface area contributed by atoms with Crippen LogP contribution in [0.5, 0.6) is 5.75 Å². The van der Waals surface area contributed by atoms with E-state index in [2.05, 4.69) is 34.2 Å². The standard InChI is InChI=1S/C21H33N3O2/c1-4-7-17-14-24(15-19(17)22-16(2)25)18-10-12-23(13-11-18)20-8-5-6-9-21(20)26-3/h5-6,8-9,17-19H,4,7,10-15H2,1-3H3,(H,22,25)/t17-,19-/m1/s1. The van der Waals surface area contributed by atoms with Crippen molar-refractivity contribution in [3.8, 4) is 5.75 Å². The molecule has 2 fully saturated rings. The van der Waals surface area contributed by atoms with Crippen LogP contribution in [-0.2, 0) is 4.79 Å². The molecule has 0 saturated carbocycles. The first-order valence-corrected chi connectivity index (χ1v) is 10.0. The molecular weight excluding hydrogens is 326 g/mol. The number of carbonyl (C=O) groups is 1. The molecule has 1 amide bonds. The molecule has 144 valence electrons. The maximum absolute atomic E-state index is 11.5. The Balaban J connectivity index is 1.58. The Morgan fingerprint density at radius 3 is 2.62 bits per heavy atom. The quantitative estimate of drug-likeness (QED) is 0.848. The number of benzene rings is 1. The van der Waals surface area contributed by atoms with Crippen molar-refractivity contribution in [2.24, 2.45) is 5.92 Å². The van der Waals surface area contributed by atoms with Crippen molar-refractivity contribution in [1.29, 1.82) is 0 Å². The minimum absolute atomic E-state index is 0.101. The van der Waals surface area contributed by atoms with E-state index in [-0.39, 0.29) is 5.91 Å². The number of amides is 1. The molecule has 0 aliphatic carbocycles. The third-order valence-corrected chi connectivity index (χ3v) is 5.92. The highest BCUT2D eigenvalue weighted by atomic mass is 16.5. The average molecular weight is 360 g/mol. The fourth-order valence-corrected chi connectivity index (χ4v) is 4.65. The third kappa shape index (κ3) is 4.32. The second-order valence-electron chi connectivity index (χ2n) is 7.70. The topological polar surface area (TPSA) is 44.8 Å². The molecule has 5 nitrogen and oxygen atoms in total. The van der Waals surface area contributed by atoms with E-state index in [1.165, 1.54) is 31.4 Å². The molecule has 0 unspecified atom stereocenters. The van der Waals surface area contributed by atoms with Gasteiger partial charge in [0, 0.05) is 45.2 Å². The number of nitrogens with zero attached hydrogens (tertiary/aromatic N) is 2. The van der Waals surface area contributed by atoms with Gasteiger partial charge in [0.05, 0.1) is 12.8 Å².